The first-order valence-electron chi connectivity index (χ1n) is 9.57. The minimum absolute atomic E-state index is 0.0601. The summed E-state index contributed by atoms with van der Waals surface area (Å²) in [5.74, 6) is 0.601. The van der Waals surface area contributed by atoms with E-state index in [-0.39, 0.29) is 11.9 Å². The van der Waals surface area contributed by atoms with Crippen molar-refractivity contribution in [3.63, 3.8) is 0 Å². The number of hydrogen-bond donors (Lipinski definition) is 1. The maximum absolute atomic E-state index is 13.1. The topological polar surface area (TPSA) is 59.8 Å². The third-order valence-corrected chi connectivity index (χ3v) is 5.19. The molecule has 0 aliphatic heterocycles. The Morgan fingerprint density at radius 3 is 2.74 bits per heavy atom. The number of carbonyl (C=O) groups is 1. The Bertz CT molecular complexity index is 905. The molecule has 3 aromatic rings. The SMILES string of the molecule is CC1CCCC(NC(=O)c2cn(-c3ccccc3)nc2-c2cccnc2)C1. The van der Waals surface area contributed by atoms with Crippen molar-refractivity contribution in [2.45, 2.75) is 38.6 Å². The van der Waals surface area contributed by atoms with Crippen LogP contribution in [0.5, 0.6) is 0 Å². The molecule has 2 atom stereocenters. The molecule has 2 aromatic heterocycles. The summed E-state index contributed by atoms with van der Waals surface area (Å²) >= 11 is 0. The Labute approximate surface area is 159 Å². The molecule has 0 spiro atoms. The molecule has 1 amide bonds. The van der Waals surface area contributed by atoms with Crippen LogP contribution in [-0.4, -0.2) is 26.7 Å². The monoisotopic (exact) mass is 360 g/mol. The maximum Gasteiger partial charge on any atom is 0.255 e. The molecule has 1 fully saturated rings. The zero-order chi connectivity index (χ0) is 18.6. The fourth-order valence-corrected chi connectivity index (χ4v) is 3.80. The molecule has 1 aliphatic carbocycles. The van der Waals surface area contributed by atoms with Crippen LogP contribution >= 0.6 is 0 Å². The largest absolute Gasteiger partial charge is 0.349 e. The summed E-state index contributed by atoms with van der Waals surface area (Å²) in [5, 5.41) is 7.92. The van der Waals surface area contributed by atoms with Crippen molar-refractivity contribution in [1.29, 1.82) is 0 Å². The van der Waals surface area contributed by atoms with Gasteiger partial charge in [-0.1, -0.05) is 38.0 Å². The zero-order valence-corrected chi connectivity index (χ0v) is 15.5. The minimum atomic E-state index is -0.0601. The molecule has 4 rings (SSSR count). The molecular formula is C22H24N4O. The van der Waals surface area contributed by atoms with E-state index in [1.807, 2.05) is 48.7 Å². The molecule has 1 aliphatic rings. The van der Waals surface area contributed by atoms with Gasteiger partial charge < -0.3 is 5.32 Å². The molecule has 138 valence electrons. The van der Waals surface area contributed by atoms with Gasteiger partial charge in [-0.3, -0.25) is 9.78 Å². The van der Waals surface area contributed by atoms with Crippen LogP contribution in [0.25, 0.3) is 16.9 Å². The minimum Gasteiger partial charge on any atom is -0.349 e. The van der Waals surface area contributed by atoms with E-state index >= 15 is 0 Å². The van der Waals surface area contributed by atoms with Gasteiger partial charge in [-0.15, -0.1) is 0 Å². The summed E-state index contributed by atoms with van der Waals surface area (Å²) in [6.45, 7) is 2.26. The third-order valence-electron chi connectivity index (χ3n) is 5.19. The molecule has 2 unspecified atom stereocenters. The molecule has 5 nitrogen and oxygen atoms in total. The normalized spacial score (nSPS) is 19.6. The van der Waals surface area contributed by atoms with Crippen molar-refractivity contribution in [3.8, 4) is 16.9 Å². The summed E-state index contributed by atoms with van der Waals surface area (Å²) < 4.78 is 1.76. The standard InChI is InChI=1S/C22H24N4O/c1-16-7-5-9-18(13-16)24-22(27)20-15-26(19-10-3-2-4-11-19)25-21(20)17-8-6-12-23-14-17/h2-4,6,8,10-12,14-16,18H,5,7,9,13H2,1H3,(H,24,27). The number of nitrogens with zero attached hydrogens (tertiary/aromatic N) is 3. The van der Waals surface area contributed by atoms with Gasteiger partial charge in [-0.2, -0.15) is 5.10 Å². The molecule has 2 heterocycles. The van der Waals surface area contributed by atoms with E-state index in [0.29, 0.717) is 17.2 Å². The van der Waals surface area contributed by atoms with E-state index in [0.717, 1.165) is 24.1 Å². The molecular weight excluding hydrogens is 336 g/mol. The molecule has 0 bridgehead atoms. The lowest BCUT2D eigenvalue weighted by Gasteiger charge is -2.27. The van der Waals surface area contributed by atoms with Gasteiger partial charge in [0.15, 0.2) is 0 Å². The first kappa shape index (κ1) is 17.5. The first-order valence-corrected chi connectivity index (χ1v) is 9.57. The van der Waals surface area contributed by atoms with Crippen molar-refractivity contribution >= 4 is 5.91 Å². The molecule has 1 saturated carbocycles. The molecule has 1 aromatic carbocycles. The van der Waals surface area contributed by atoms with Crippen LogP contribution in [0.1, 0.15) is 43.0 Å². The van der Waals surface area contributed by atoms with Crippen molar-refractivity contribution in [2.24, 2.45) is 5.92 Å². The fourth-order valence-electron chi connectivity index (χ4n) is 3.80. The Balaban J connectivity index is 1.67. The predicted molar refractivity (Wildman–Crippen MR) is 106 cm³/mol. The molecule has 5 heteroatoms. The number of pyridine rings is 1. The van der Waals surface area contributed by atoms with E-state index in [1.54, 1.807) is 17.1 Å². The second-order valence-electron chi connectivity index (χ2n) is 7.36. The summed E-state index contributed by atoms with van der Waals surface area (Å²) in [4.78, 5) is 17.3. The van der Waals surface area contributed by atoms with Gasteiger partial charge in [-0.25, -0.2) is 4.68 Å². The molecule has 0 saturated heterocycles. The van der Waals surface area contributed by atoms with Gasteiger partial charge in [0.25, 0.3) is 5.91 Å². The Kier molecular flexibility index (Phi) is 5.01. The lowest BCUT2D eigenvalue weighted by Crippen LogP contribution is -2.38. The highest BCUT2D eigenvalue weighted by Gasteiger charge is 2.24. The van der Waals surface area contributed by atoms with Gasteiger partial charge in [-0.05, 0) is 43.0 Å². The average molecular weight is 360 g/mol. The van der Waals surface area contributed by atoms with Crippen LogP contribution in [0.3, 0.4) is 0 Å². The Morgan fingerprint density at radius 1 is 1.15 bits per heavy atom. The third kappa shape index (κ3) is 3.92. The van der Waals surface area contributed by atoms with Crippen molar-refractivity contribution < 1.29 is 4.79 Å². The second-order valence-corrected chi connectivity index (χ2v) is 7.36. The predicted octanol–water partition coefficient (Wildman–Crippen LogP) is 4.24. The Hall–Kier alpha value is -2.95. The smallest absolute Gasteiger partial charge is 0.255 e. The number of benzene rings is 1. The van der Waals surface area contributed by atoms with Crippen LogP contribution in [-0.2, 0) is 0 Å². The van der Waals surface area contributed by atoms with Gasteiger partial charge >= 0.3 is 0 Å². The van der Waals surface area contributed by atoms with Crippen LogP contribution in [0, 0.1) is 5.92 Å². The van der Waals surface area contributed by atoms with E-state index in [2.05, 4.69) is 17.2 Å². The van der Waals surface area contributed by atoms with Gasteiger partial charge in [0.05, 0.1) is 11.3 Å². The average Bonchev–Trinajstić information content (AvgIpc) is 3.15. The second kappa shape index (κ2) is 7.74. The number of amides is 1. The lowest BCUT2D eigenvalue weighted by atomic mass is 9.87. The quantitative estimate of drug-likeness (QED) is 0.757. The summed E-state index contributed by atoms with van der Waals surface area (Å²) in [5.41, 5.74) is 3.01. The van der Waals surface area contributed by atoms with Crippen LogP contribution in [0.4, 0.5) is 0 Å². The highest BCUT2D eigenvalue weighted by atomic mass is 16.1. The number of hydrogen-bond acceptors (Lipinski definition) is 3. The van der Waals surface area contributed by atoms with Crippen molar-refractivity contribution in [3.05, 3.63) is 66.6 Å². The highest BCUT2D eigenvalue weighted by molar-refractivity contribution is 6.00. The summed E-state index contributed by atoms with van der Waals surface area (Å²) in [7, 11) is 0. The van der Waals surface area contributed by atoms with Crippen LogP contribution in [0.15, 0.2) is 61.1 Å². The van der Waals surface area contributed by atoms with Gasteiger partial charge in [0.2, 0.25) is 0 Å². The van der Waals surface area contributed by atoms with E-state index in [4.69, 9.17) is 5.10 Å². The number of rotatable bonds is 4. The zero-order valence-electron chi connectivity index (χ0n) is 15.5. The van der Waals surface area contributed by atoms with E-state index in [1.165, 1.54) is 12.8 Å². The lowest BCUT2D eigenvalue weighted by molar-refractivity contribution is 0.0922. The molecule has 1 N–H and O–H groups in total. The summed E-state index contributed by atoms with van der Waals surface area (Å²) in [6, 6.07) is 13.9. The first-order chi connectivity index (χ1) is 13.2. The van der Waals surface area contributed by atoms with E-state index < -0.39 is 0 Å². The van der Waals surface area contributed by atoms with Crippen molar-refractivity contribution in [2.75, 3.05) is 0 Å². The number of nitrogens with one attached hydrogen (secondary N) is 1. The highest BCUT2D eigenvalue weighted by Crippen LogP contribution is 2.26. The van der Waals surface area contributed by atoms with Crippen LogP contribution < -0.4 is 5.32 Å². The molecule has 0 radical (unpaired) electrons. The van der Waals surface area contributed by atoms with Gasteiger partial charge in [0.1, 0.15) is 5.69 Å². The van der Waals surface area contributed by atoms with E-state index in [9.17, 15) is 4.79 Å². The molecule has 27 heavy (non-hydrogen) atoms. The number of para-hydroxylation sites is 1. The number of aromatic nitrogens is 3. The Morgan fingerprint density at radius 2 is 2.00 bits per heavy atom. The number of carbonyl (C=O) groups excluding carboxylic acids is 1. The van der Waals surface area contributed by atoms with Crippen molar-refractivity contribution in [1.82, 2.24) is 20.1 Å². The van der Waals surface area contributed by atoms with Crippen LogP contribution in [0.2, 0.25) is 0 Å². The fraction of sp³-hybridized carbons (Fsp3) is 0.318. The van der Waals surface area contributed by atoms with Gasteiger partial charge in [0, 0.05) is 30.2 Å². The summed E-state index contributed by atoms with van der Waals surface area (Å²) in [6.07, 6.45) is 9.80. The maximum atomic E-state index is 13.1.